The van der Waals surface area contributed by atoms with Crippen molar-refractivity contribution in [3.05, 3.63) is 0 Å². The lowest BCUT2D eigenvalue weighted by Crippen LogP contribution is -2.51. The summed E-state index contributed by atoms with van der Waals surface area (Å²) in [4.78, 5) is 17.3. The molecule has 0 aliphatic carbocycles. The summed E-state index contributed by atoms with van der Waals surface area (Å²) >= 11 is 0. The molecule has 3 fully saturated rings. The summed E-state index contributed by atoms with van der Waals surface area (Å²) in [6.45, 7) is 9.47. The maximum Gasteiger partial charge on any atom is 0.222 e. The predicted molar refractivity (Wildman–Crippen MR) is 83.1 cm³/mol. The Bertz CT molecular complexity index is 358. The molecule has 0 radical (unpaired) electrons. The molecule has 1 amide bonds. The van der Waals surface area contributed by atoms with Gasteiger partial charge in [-0.05, 0) is 63.1 Å². The van der Waals surface area contributed by atoms with Gasteiger partial charge in [-0.15, -0.1) is 0 Å². The van der Waals surface area contributed by atoms with Gasteiger partial charge >= 0.3 is 0 Å². The summed E-state index contributed by atoms with van der Waals surface area (Å²) in [7, 11) is 0. The molecule has 3 saturated heterocycles. The molecule has 4 heteroatoms. The van der Waals surface area contributed by atoms with Gasteiger partial charge in [0, 0.05) is 32.7 Å². The number of likely N-dealkylation sites (tertiary alicyclic amines) is 2. The zero-order chi connectivity index (χ0) is 14.7. The first-order valence-electron chi connectivity index (χ1n) is 8.79. The number of rotatable bonds is 3. The Kier molecular flexibility index (Phi) is 4.85. The Morgan fingerprint density at radius 3 is 2.71 bits per heavy atom. The molecule has 1 spiro atoms. The maximum atomic E-state index is 12.6. The zero-order valence-corrected chi connectivity index (χ0v) is 13.5. The standard InChI is InChI=1S/C17H30N2O2/c1-2-18-9-6-17(7-10-18)5-3-8-19(14-17)16(20)12-15-4-11-21-13-15/h15H,2-14H2,1H3/t15-/m1/s1. The van der Waals surface area contributed by atoms with E-state index in [0.717, 1.165) is 32.7 Å². The second-order valence-corrected chi connectivity index (χ2v) is 7.29. The van der Waals surface area contributed by atoms with Crippen LogP contribution in [0.25, 0.3) is 0 Å². The van der Waals surface area contributed by atoms with Crippen molar-refractivity contribution < 1.29 is 9.53 Å². The Labute approximate surface area is 128 Å². The summed E-state index contributed by atoms with van der Waals surface area (Å²) in [5, 5.41) is 0. The van der Waals surface area contributed by atoms with Gasteiger partial charge in [0.25, 0.3) is 0 Å². The van der Waals surface area contributed by atoms with Crippen LogP contribution in [0.15, 0.2) is 0 Å². The molecule has 0 bridgehead atoms. The predicted octanol–water partition coefficient (Wildman–Crippen LogP) is 2.14. The van der Waals surface area contributed by atoms with Gasteiger partial charge < -0.3 is 14.5 Å². The van der Waals surface area contributed by atoms with E-state index in [1.807, 2.05) is 0 Å². The monoisotopic (exact) mass is 294 g/mol. The van der Waals surface area contributed by atoms with Gasteiger partial charge in [-0.1, -0.05) is 6.92 Å². The van der Waals surface area contributed by atoms with Crippen LogP contribution < -0.4 is 0 Å². The molecule has 0 saturated carbocycles. The number of amides is 1. The Morgan fingerprint density at radius 1 is 1.24 bits per heavy atom. The SMILES string of the molecule is CCN1CCC2(CCCN(C(=O)C[C@H]3CCOC3)C2)CC1. The van der Waals surface area contributed by atoms with E-state index < -0.39 is 0 Å². The van der Waals surface area contributed by atoms with Crippen molar-refractivity contribution in [3.8, 4) is 0 Å². The van der Waals surface area contributed by atoms with E-state index in [1.54, 1.807) is 0 Å². The highest BCUT2D eigenvalue weighted by Crippen LogP contribution is 2.40. The van der Waals surface area contributed by atoms with Crippen molar-refractivity contribution in [3.63, 3.8) is 0 Å². The summed E-state index contributed by atoms with van der Waals surface area (Å²) in [5.74, 6) is 0.847. The second kappa shape index (κ2) is 6.66. The van der Waals surface area contributed by atoms with Crippen LogP contribution in [-0.2, 0) is 9.53 Å². The minimum absolute atomic E-state index is 0.377. The normalized spacial score (nSPS) is 30.0. The van der Waals surface area contributed by atoms with Crippen LogP contribution in [0, 0.1) is 11.3 Å². The first-order valence-corrected chi connectivity index (χ1v) is 8.79. The minimum atomic E-state index is 0.377. The highest BCUT2D eigenvalue weighted by Gasteiger charge is 2.39. The molecule has 4 nitrogen and oxygen atoms in total. The van der Waals surface area contributed by atoms with Gasteiger partial charge in [0.1, 0.15) is 0 Å². The van der Waals surface area contributed by atoms with Gasteiger partial charge in [-0.25, -0.2) is 0 Å². The van der Waals surface area contributed by atoms with Gasteiger partial charge in [-0.3, -0.25) is 4.79 Å². The van der Waals surface area contributed by atoms with E-state index in [9.17, 15) is 4.79 Å². The Morgan fingerprint density at radius 2 is 2.05 bits per heavy atom. The van der Waals surface area contributed by atoms with Gasteiger partial charge in [0.05, 0.1) is 0 Å². The third-order valence-corrected chi connectivity index (χ3v) is 5.87. The molecule has 0 aromatic rings. The third kappa shape index (κ3) is 3.59. The molecule has 1 atom stereocenters. The molecular formula is C17H30N2O2. The minimum Gasteiger partial charge on any atom is -0.381 e. The molecule has 0 aromatic heterocycles. The lowest BCUT2D eigenvalue weighted by molar-refractivity contribution is -0.136. The highest BCUT2D eigenvalue weighted by atomic mass is 16.5. The van der Waals surface area contributed by atoms with Crippen LogP contribution in [0.4, 0.5) is 0 Å². The number of carbonyl (C=O) groups is 1. The lowest BCUT2D eigenvalue weighted by atomic mass is 9.72. The van der Waals surface area contributed by atoms with Crippen molar-refractivity contribution in [2.45, 2.75) is 45.4 Å². The number of ether oxygens (including phenoxy) is 1. The molecule has 3 aliphatic rings. The quantitative estimate of drug-likeness (QED) is 0.799. The maximum absolute atomic E-state index is 12.6. The van der Waals surface area contributed by atoms with Crippen molar-refractivity contribution in [2.75, 3.05) is 45.9 Å². The molecule has 3 heterocycles. The fraction of sp³-hybridized carbons (Fsp3) is 0.941. The molecule has 21 heavy (non-hydrogen) atoms. The highest BCUT2D eigenvalue weighted by molar-refractivity contribution is 5.76. The van der Waals surface area contributed by atoms with E-state index in [0.29, 0.717) is 23.7 Å². The number of nitrogens with zero attached hydrogens (tertiary/aromatic N) is 2. The van der Waals surface area contributed by atoms with E-state index in [1.165, 1.54) is 45.3 Å². The summed E-state index contributed by atoms with van der Waals surface area (Å²) in [6.07, 6.45) is 6.83. The summed E-state index contributed by atoms with van der Waals surface area (Å²) < 4.78 is 5.40. The third-order valence-electron chi connectivity index (χ3n) is 5.87. The number of carbonyl (C=O) groups excluding carboxylic acids is 1. The van der Waals surface area contributed by atoms with Crippen LogP contribution in [-0.4, -0.2) is 61.6 Å². The topological polar surface area (TPSA) is 32.8 Å². The molecule has 120 valence electrons. The average Bonchev–Trinajstić information content (AvgIpc) is 3.01. The smallest absolute Gasteiger partial charge is 0.222 e. The van der Waals surface area contributed by atoms with Crippen molar-refractivity contribution in [1.82, 2.24) is 9.80 Å². The summed E-state index contributed by atoms with van der Waals surface area (Å²) in [5.41, 5.74) is 0.422. The average molecular weight is 294 g/mol. The van der Waals surface area contributed by atoms with E-state index in [2.05, 4.69) is 16.7 Å². The largest absolute Gasteiger partial charge is 0.381 e. The molecule has 0 unspecified atom stereocenters. The molecular weight excluding hydrogens is 264 g/mol. The first kappa shape index (κ1) is 15.3. The Balaban J connectivity index is 1.54. The van der Waals surface area contributed by atoms with Crippen LogP contribution in [0.3, 0.4) is 0 Å². The number of piperidine rings is 2. The van der Waals surface area contributed by atoms with E-state index in [-0.39, 0.29) is 0 Å². The van der Waals surface area contributed by atoms with Crippen LogP contribution in [0.1, 0.15) is 45.4 Å². The van der Waals surface area contributed by atoms with E-state index >= 15 is 0 Å². The van der Waals surface area contributed by atoms with Crippen molar-refractivity contribution in [2.24, 2.45) is 11.3 Å². The zero-order valence-electron chi connectivity index (χ0n) is 13.5. The first-order chi connectivity index (χ1) is 10.2. The second-order valence-electron chi connectivity index (χ2n) is 7.29. The van der Waals surface area contributed by atoms with Crippen LogP contribution in [0.2, 0.25) is 0 Å². The fourth-order valence-electron chi connectivity index (χ4n) is 4.29. The molecule has 0 aromatic carbocycles. The van der Waals surface area contributed by atoms with Crippen LogP contribution >= 0.6 is 0 Å². The number of hydrogen-bond acceptors (Lipinski definition) is 3. The van der Waals surface area contributed by atoms with Gasteiger partial charge in [0.15, 0.2) is 0 Å². The lowest BCUT2D eigenvalue weighted by Gasteiger charge is -2.47. The number of hydrogen-bond donors (Lipinski definition) is 0. The Hall–Kier alpha value is -0.610. The molecule has 0 N–H and O–H groups in total. The van der Waals surface area contributed by atoms with Crippen LogP contribution in [0.5, 0.6) is 0 Å². The van der Waals surface area contributed by atoms with Gasteiger partial charge in [-0.2, -0.15) is 0 Å². The van der Waals surface area contributed by atoms with Gasteiger partial charge in [0.2, 0.25) is 5.91 Å². The molecule has 3 aliphatic heterocycles. The van der Waals surface area contributed by atoms with Crippen molar-refractivity contribution >= 4 is 5.91 Å². The summed E-state index contributed by atoms with van der Waals surface area (Å²) in [6, 6.07) is 0. The van der Waals surface area contributed by atoms with Crippen molar-refractivity contribution in [1.29, 1.82) is 0 Å². The molecule has 3 rings (SSSR count). The fourth-order valence-corrected chi connectivity index (χ4v) is 4.29. The van der Waals surface area contributed by atoms with E-state index in [4.69, 9.17) is 4.74 Å².